The summed E-state index contributed by atoms with van der Waals surface area (Å²) in [6, 6.07) is 6.98. The molecule has 0 aliphatic heterocycles. The number of rotatable bonds is 3. The fraction of sp³-hybridized carbons (Fsp3) is 0.200. The Labute approximate surface area is 99.1 Å². The molecule has 0 amide bonds. The number of hydrogen-bond donors (Lipinski definition) is 2. The van der Waals surface area contributed by atoms with Crippen molar-refractivity contribution in [2.45, 2.75) is 6.92 Å². The predicted octanol–water partition coefficient (Wildman–Crippen LogP) is 1.15. The third kappa shape index (κ3) is 2.82. The molecule has 7 heteroatoms. The summed E-state index contributed by atoms with van der Waals surface area (Å²) in [6.07, 6.45) is 1.10. The average molecular weight is 252 g/mol. The number of H-pyrrole nitrogens is 1. The van der Waals surface area contributed by atoms with E-state index >= 15 is 0 Å². The van der Waals surface area contributed by atoms with Crippen molar-refractivity contribution in [2.75, 3.05) is 11.0 Å². The van der Waals surface area contributed by atoms with Crippen molar-refractivity contribution in [3.05, 3.63) is 30.1 Å². The van der Waals surface area contributed by atoms with Gasteiger partial charge in [0.15, 0.2) is 5.82 Å². The molecule has 2 aromatic rings. The van der Waals surface area contributed by atoms with Crippen LogP contribution in [0.2, 0.25) is 0 Å². The molecule has 1 heterocycles. The van der Waals surface area contributed by atoms with Crippen LogP contribution < -0.4 is 4.72 Å². The molecule has 6 nitrogen and oxygen atoms in total. The van der Waals surface area contributed by atoms with Crippen LogP contribution in [0.1, 0.15) is 5.82 Å². The summed E-state index contributed by atoms with van der Waals surface area (Å²) in [5.41, 5.74) is 1.11. The lowest BCUT2D eigenvalue weighted by Crippen LogP contribution is -2.10. The SMILES string of the molecule is Cc1nc(-c2ccccc2NS(C)(=O)=O)n[nH]1. The first-order valence-electron chi connectivity index (χ1n) is 4.92. The zero-order valence-corrected chi connectivity index (χ0v) is 10.2. The van der Waals surface area contributed by atoms with Crippen LogP contribution >= 0.6 is 0 Å². The van der Waals surface area contributed by atoms with Crippen LogP contribution in [0.4, 0.5) is 5.69 Å². The Balaban J connectivity index is 2.48. The van der Waals surface area contributed by atoms with Gasteiger partial charge in [0.2, 0.25) is 10.0 Å². The van der Waals surface area contributed by atoms with Crippen LogP contribution in [-0.4, -0.2) is 29.9 Å². The molecule has 0 spiro atoms. The van der Waals surface area contributed by atoms with E-state index in [4.69, 9.17) is 0 Å². The van der Waals surface area contributed by atoms with Gasteiger partial charge in [-0.1, -0.05) is 12.1 Å². The molecule has 0 radical (unpaired) electrons. The number of anilines is 1. The molecule has 0 fully saturated rings. The molecular formula is C10H12N4O2S. The molecular weight excluding hydrogens is 240 g/mol. The second-order valence-corrected chi connectivity index (χ2v) is 5.41. The number of nitrogens with one attached hydrogen (secondary N) is 2. The van der Waals surface area contributed by atoms with Crippen LogP contribution in [-0.2, 0) is 10.0 Å². The number of aromatic amines is 1. The van der Waals surface area contributed by atoms with Crippen molar-refractivity contribution < 1.29 is 8.42 Å². The minimum Gasteiger partial charge on any atom is -0.283 e. The maximum absolute atomic E-state index is 11.2. The van der Waals surface area contributed by atoms with Crippen molar-refractivity contribution in [1.82, 2.24) is 15.2 Å². The number of nitrogens with zero attached hydrogens (tertiary/aromatic N) is 2. The maximum atomic E-state index is 11.2. The van der Waals surface area contributed by atoms with Gasteiger partial charge >= 0.3 is 0 Å². The van der Waals surface area contributed by atoms with E-state index in [9.17, 15) is 8.42 Å². The summed E-state index contributed by atoms with van der Waals surface area (Å²) in [6.45, 7) is 1.78. The van der Waals surface area contributed by atoms with Gasteiger partial charge in [0.1, 0.15) is 5.82 Å². The van der Waals surface area contributed by atoms with E-state index in [0.717, 1.165) is 6.26 Å². The van der Waals surface area contributed by atoms with E-state index in [2.05, 4.69) is 19.9 Å². The Morgan fingerprint density at radius 3 is 2.59 bits per heavy atom. The van der Waals surface area contributed by atoms with E-state index in [-0.39, 0.29) is 0 Å². The fourth-order valence-corrected chi connectivity index (χ4v) is 2.01. The monoisotopic (exact) mass is 252 g/mol. The third-order valence-corrected chi connectivity index (χ3v) is 2.65. The van der Waals surface area contributed by atoms with Gasteiger partial charge in [-0.05, 0) is 19.1 Å². The highest BCUT2D eigenvalue weighted by atomic mass is 32.2. The lowest BCUT2D eigenvalue weighted by atomic mass is 10.2. The Bertz CT molecular complexity index is 633. The minimum atomic E-state index is -3.32. The van der Waals surface area contributed by atoms with Crippen molar-refractivity contribution in [3.8, 4) is 11.4 Å². The summed E-state index contributed by atoms with van der Waals surface area (Å²) in [5, 5.41) is 6.72. The van der Waals surface area contributed by atoms with E-state index in [1.165, 1.54) is 0 Å². The van der Waals surface area contributed by atoms with E-state index in [1.807, 2.05) is 0 Å². The summed E-state index contributed by atoms with van der Waals surface area (Å²) in [4.78, 5) is 4.17. The van der Waals surface area contributed by atoms with E-state index in [0.29, 0.717) is 22.9 Å². The third-order valence-electron chi connectivity index (χ3n) is 2.06. The average Bonchev–Trinajstić information content (AvgIpc) is 2.63. The lowest BCUT2D eigenvalue weighted by Gasteiger charge is -2.07. The molecule has 0 saturated carbocycles. The van der Waals surface area contributed by atoms with Gasteiger partial charge in [-0.3, -0.25) is 9.82 Å². The predicted molar refractivity (Wildman–Crippen MR) is 65.0 cm³/mol. The van der Waals surface area contributed by atoms with Crippen LogP contribution in [0.5, 0.6) is 0 Å². The van der Waals surface area contributed by atoms with Crippen molar-refractivity contribution in [3.63, 3.8) is 0 Å². The molecule has 0 unspecified atom stereocenters. The first-order chi connectivity index (χ1) is 7.96. The van der Waals surface area contributed by atoms with Crippen molar-refractivity contribution in [1.29, 1.82) is 0 Å². The maximum Gasteiger partial charge on any atom is 0.229 e. The van der Waals surface area contributed by atoms with Crippen LogP contribution in [0, 0.1) is 6.92 Å². The smallest absolute Gasteiger partial charge is 0.229 e. The van der Waals surface area contributed by atoms with Crippen LogP contribution in [0.3, 0.4) is 0 Å². The van der Waals surface area contributed by atoms with Crippen LogP contribution in [0.25, 0.3) is 11.4 Å². The summed E-state index contributed by atoms with van der Waals surface area (Å²) < 4.78 is 24.9. The molecule has 2 N–H and O–H groups in total. The minimum absolute atomic E-state index is 0.467. The largest absolute Gasteiger partial charge is 0.283 e. The number of sulfonamides is 1. The quantitative estimate of drug-likeness (QED) is 0.857. The summed E-state index contributed by atoms with van der Waals surface area (Å²) >= 11 is 0. The highest BCUT2D eigenvalue weighted by Gasteiger charge is 2.11. The summed E-state index contributed by atoms with van der Waals surface area (Å²) in [5.74, 6) is 1.14. The fourth-order valence-electron chi connectivity index (χ4n) is 1.43. The molecule has 0 atom stereocenters. The number of aromatic nitrogens is 3. The van der Waals surface area contributed by atoms with E-state index < -0.39 is 10.0 Å². The van der Waals surface area contributed by atoms with Crippen molar-refractivity contribution in [2.24, 2.45) is 0 Å². The number of para-hydroxylation sites is 1. The number of aryl methyl sites for hydroxylation is 1. The normalized spacial score (nSPS) is 11.4. The highest BCUT2D eigenvalue weighted by molar-refractivity contribution is 7.92. The Kier molecular flexibility index (Phi) is 2.84. The number of hydrogen-bond acceptors (Lipinski definition) is 4. The van der Waals surface area contributed by atoms with Gasteiger partial charge in [0.05, 0.1) is 11.9 Å². The molecule has 90 valence electrons. The molecule has 2 rings (SSSR count). The van der Waals surface area contributed by atoms with Crippen molar-refractivity contribution >= 4 is 15.7 Å². The molecule has 1 aromatic carbocycles. The molecule has 1 aromatic heterocycles. The van der Waals surface area contributed by atoms with Gasteiger partial charge in [-0.25, -0.2) is 13.4 Å². The first-order valence-corrected chi connectivity index (χ1v) is 6.81. The molecule has 0 bridgehead atoms. The molecule has 0 saturated heterocycles. The highest BCUT2D eigenvalue weighted by Crippen LogP contribution is 2.25. The Hall–Kier alpha value is -1.89. The lowest BCUT2D eigenvalue weighted by molar-refractivity contribution is 0.607. The molecule has 17 heavy (non-hydrogen) atoms. The first kappa shape index (κ1) is 11.6. The van der Waals surface area contributed by atoms with Gasteiger partial charge in [0.25, 0.3) is 0 Å². The second kappa shape index (κ2) is 4.17. The van der Waals surface area contributed by atoms with E-state index in [1.54, 1.807) is 31.2 Å². The number of benzene rings is 1. The molecule has 0 aliphatic rings. The van der Waals surface area contributed by atoms with Gasteiger partial charge < -0.3 is 0 Å². The molecule has 0 aliphatic carbocycles. The zero-order chi connectivity index (χ0) is 12.5. The standard InChI is InChI=1S/C10H12N4O2S/c1-7-11-10(13-12-7)8-5-3-4-6-9(8)14-17(2,15)16/h3-6,14H,1-2H3,(H,11,12,13). The van der Waals surface area contributed by atoms with Gasteiger partial charge in [-0.2, -0.15) is 5.10 Å². The van der Waals surface area contributed by atoms with Gasteiger partial charge in [0, 0.05) is 5.56 Å². The zero-order valence-electron chi connectivity index (χ0n) is 9.43. The van der Waals surface area contributed by atoms with Gasteiger partial charge in [-0.15, -0.1) is 0 Å². The topological polar surface area (TPSA) is 87.7 Å². The summed E-state index contributed by atoms with van der Waals surface area (Å²) in [7, 11) is -3.32. The Morgan fingerprint density at radius 1 is 1.29 bits per heavy atom. The second-order valence-electron chi connectivity index (χ2n) is 3.66. The Morgan fingerprint density at radius 2 is 2.00 bits per heavy atom. The van der Waals surface area contributed by atoms with Crippen LogP contribution in [0.15, 0.2) is 24.3 Å².